The van der Waals surface area contributed by atoms with Gasteiger partial charge in [-0.2, -0.15) is 5.26 Å². The summed E-state index contributed by atoms with van der Waals surface area (Å²) in [6.45, 7) is 1.97. The molecule has 1 spiro atoms. The van der Waals surface area contributed by atoms with E-state index >= 15 is 0 Å². The molecule has 126 valence electrons. The van der Waals surface area contributed by atoms with E-state index in [-0.39, 0.29) is 17.3 Å². The van der Waals surface area contributed by atoms with Crippen LogP contribution in [-0.2, 0) is 16.6 Å². The fraction of sp³-hybridized carbons (Fsp3) is 0.235. The van der Waals surface area contributed by atoms with E-state index < -0.39 is 17.1 Å². The molecular weight excluding hydrogens is 325 g/mol. The predicted molar refractivity (Wildman–Crippen MR) is 85.8 cm³/mol. The lowest BCUT2D eigenvalue weighted by atomic mass is 9.68. The van der Waals surface area contributed by atoms with Gasteiger partial charge in [-0.25, -0.2) is 4.39 Å². The number of nitriles is 1. The molecule has 2 aliphatic rings. The van der Waals surface area contributed by atoms with E-state index in [0.29, 0.717) is 28.9 Å². The second kappa shape index (κ2) is 5.08. The van der Waals surface area contributed by atoms with Gasteiger partial charge < -0.3 is 15.8 Å². The largest absolute Gasteiger partial charge is 0.420 e. The normalized spacial score (nSPS) is 20.8. The molecule has 7 nitrogen and oxygen atoms in total. The van der Waals surface area contributed by atoms with Gasteiger partial charge in [0.05, 0.1) is 5.56 Å². The van der Waals surface area contributed by atoms with Gasteiger partial charge >= 0.3 is 0 Å². The first kappa shape index (κ1) is 15.2. The molecule has 0 saturated heterocycles. The Balaban J connectivity index is 2.13. The number of fused-ring (bicyclic) bond motifs is 4. The summed E-state index contributed by atoms with van der Waals surface area (Å²) in [7, 11) is 0. The first-order chi connectivity index (χ1) is 12.0. The number of nitrogens with two attached hydrogens (primary N) is 1. The first-order valence-electron chi connectivity index (χ1n) is 7.81. The van der Waals surface area contributed by atoms with Gasteiger partial charge in [0.1, 0.15) is 22.9 Å². The maximum absolute atomic E-state index is 14.0. The molecule has 8 heteroatoms. The van der Waals surface area contributed by atoms with E-state index in [9.17, 15) is 14.4 Å². The molecule has 1 unspecified atom stereocenters. The minimum Gasteiger partial charge on any atom is -0.420 e. The third-order valence-electron chi connectivity index (χ3n) is 4.60. The molecule has 2 aliphatic heterocycles. The number of hydrogen-bond acceptors (Lipinski definition) is 5. The number of aromatic nitrogens is 2. The Bertz CT molecular complexity index is 987. The molecule has 0 fully saturated rings. The highest BCUT2D eigenvalue weighted by Crippen LogP contribution is 2.53. The van der Waals surface area contributed by atoms with Crippen molar-refractivity contribution in [3.8, 4) is 11.9 Å². The molecule has 2 aromatic rings. The van der Waals surface area contributed by atoms with Crippen molar-refractivity contribution < 1.29 is 13.9 Å². The fourth-order valence-electron chi connectivity index (χ4n) is 3.63. The lowest BCUT2D eigenvalue weighted by Gasteiger charge is -2.31. The molecule has 4 N–H and O–H groups in total. The van der Waals surface area contributed by atoms with Gasteiger partial charge in [-0.3, -0.25) is 9.89 Å². The van der Waals surface area contributed by atoms with E-state index in [1.165, 1.54) is 18.2 Å². The Morgan fingerprint density at radius 2 is 2.28 bits per heavy atom. The number of anilines is 1. The number of hydrogen-bond donors (Lipinski definition) is 3. The van der Waals surface area contributed by atoms with Gasteiger partial charge in [0.15, 0.2) is 0 Å². The van der Waals surface area contributed by atoms with Gasteiger partial charge in [-0.15, -0.1) is 5.10 Å². The molecule has 1 aromatic heterocycles. The quantitative estimate of drug-likeness (QED) is 0.771. The van der Waals surface area contributed by atoms with E-state index in [2.05, 4.69) is 15.5 Å². The van der Waals surface area contributed by atoms with Gasteiger partial charge in [0, 0.05) is 16.9 Å². The number of benzene rings is 1. The van der Waals surface area contributed by atoms with E-state index in [0.717, 1.165) is 6.42 Å². The number of amides is 1. The number of carbonyl (C=O) groups excluding carboxylic acids is 1. The molecule has 0 aliphatic carbocycles. The van der Waals surface area contributed by atoms with E-state index in [4.69, 9.17) is 10.5 Å². The zero-order valence-electron chi connectivity index (χ0n) is 13.3. The molecule has 1 amide bonds. The molecule has 0 bridgehead atoms. The Morgan fingerprint density at radius 3 is 3.00 bits per heavy atom. The molecule has 3 heterocycles. The molecule has 0 saturated carbocycles. The van der Waals surface area contributed by atoms with Crippen LogP contribution in [-0.4, -0.2) is 16.1 Å². The maximum atomic E-state index is 14.0. The van der Waals surface area contributed by atoms with Crippen LogP contribution in [0.15, 0.2) is 29.7 Å². The fourth-order valence-corrected chi connectivity index (χ4v) is 3.63. The first-order valence-corrected chi connectivity index (χ1v) is 7.81. The predicted octanol–water partition coefficient (Wildman–Crippen LogP) is 1.83. The van der Waals surface area contributed by atoms with E-state index in [1.807, 2.05) is 13.0 Å². The average Bonchev–Trinajstić information content (AvgIpc) is 3.09. The summed E-state index contributed by atoms with van der Waals surface area (Å²) in [5.74, 6) is -1.07. The minimum atomic E-state index is -1.57. The Labute approximate surface area is 142 Å². The summed E-state index contributed by atoms with van der Waals surface area (Å²) < 4.78 is 19.4. The molecule has 0 radical (unpaired) electrons. The average molecular weight is 339 g/mol. The van der Waals surface area contributed by atoms with E-state index in [1.54, 1.807) is 0 Å². The van der Waals surface area contributed by atoms with Crippen molar-refractivity contribution in [2.75, 3.05) is 5.32 Å². The van der Waals surface area contributed by atoms with Crippen LogP contribution in [0.2, 0.25) is 0 Å². The zero-order valence-corrected chi connectivity index (χ0v) is 13.3. The molecule has 4 rings (SSSR count). The molecule has 25 heavy (non-hydrogen) atoms. The number of carbonyl (C=O) groups is 1. The maximum Gasteiger partial charge on any atom is 0.245 e. The van der Waals surface area contributed by atoms with Crippen LogP contribution in [0, 0.1) is 17.1 Å². The van der Waals surface area contributed by atoms with Crippen molar-refractivity contribution in [3.05, 3.63) is 52.3 Å². The number of nitrogens with one attached hydrogen (secondary N) is 2. The SMILES string of the molecule is CCCc1[nH]nc2c1C1(C(=O)Nc3ccc(F)cc31)C(C#N)=C(N)O2. The summed E-state index contributed by atoms with van der Waals surface area (Å²) in [5, 5.41) is 19.4. The highest BCUT2D eigenvalue weighted by molar-refractivity contribution is 6.12. The number of aryl methyl sites for hydroxylation is 1. The number of nitrogens with zero attached hydrogens (tertiary/aromatic N) is 2. The van der Waals surface area contributed by atoms with Crippen molar-refractivity contribution in [1.29, 1.82) is 5.26 Å². The Hall–Kier alpha value is -3.34. The van der Waals surface area contributed by atoms with Crippen molar-refractivity contribution in [2.45, 2.75) is 25.2 Å². The highest BCUT2D eigenvalue weighted by Gasteiger charge is 2.58. The minimum absolute atomic E-state index is 0.0689. The van der Waals surface area contributed by atoms with Crippen LogP contribution in [0.1, 0.15) is 30.2 Å². The summed E-state index contributed by atoms with van der Waals surface area (Å²) >= 11 is 0. The highest BCUT2D eigenvalue weighted by atomic mass is 19.1. The van der Waals surface area contributed by atoms with Crippen molar-refractivity contribution >= 4 is 11.6 Å². The molecule has 1 aromatic carbocycles. The zero-order chi connectivity index (χ0) is 17.8. The van der Waals surface area contributed by atoms with Crippen LogP contribution in [0.25, 0.3) is 0 Å². The standard InChI is InChI=1S/C17H14FN5O2/c1-2-3-12-13-15(23-22-12)25-14(20)10(7-19)17(13)9-6-8(18)4-5-11(9)21-16(17)24/h4-6H,2-3,20H2,1H3,(H,21,24)(H,22,23). The second-order valence-corrected chi connectivity index (χ2v) is 5.98. The summed E-state index contributed by atoms with van der Waals surface area (Å²) in [6.07, 6.45) is 1.37. The summed E-state index contributed by atoms with van der Waals surface area (Å²) in [4.78, 5) is 13.1. The van der Waals surface area contributed by atoms with Gasteiger partial charge in [0.25, 0.3) is 0 Å². The van der Waals surface area contributed by atoms with Crippen LogP contribution >= 0.6 is 0 Å². The third kappa shape index (κ3) is 1.78. The number of halogens is 1. The number of rotatable bonds is 2. The summed E-state index contributed by atoms with van der Waals surface area (Å²) in [6, 6.07) is 5.95. The number of H-pyrrole nitrogens is 1. The monoisotopic (exact) mass is 339 g/mol. The lowest BCUT2D eigenvalue weighted by molar-refractivity contribution is -0.118. The smallest absolute Gasteiger partial charge is 0.245 e. The van der Waals surface area contributed by atoms with Gasteiger partial charge in [-0.1, -0.05) is 13.3 Å². The summed E-state index contributed by atoms with van der Waals surface area (Å²) in [5.41, 5.74) is 6.11. The molecular formula is C17H14FN5O2. The van der Waals surface area contributed by atoms with Crippen LogP contribution in [0.5, 0.6) is 5.88 Å². The van der Waals surface area contributed by atoms with Crippen LogP contribution in [0.3, 0.4) is 0 Å². The second-order valence-electron chi connectivity index (χ2n) is 5.98. The Morgan fingerprint density at radius 1 is 1.48 bits per heavy atom. The Kier molecular flexibility index (Phi) is 3.09. The topological polar surface area (TPSA) is 117 Å². The number of aromatic amines is 1. The van der Waals surface area contributed by atoms with Crippen molar-refractivity contribution in [3.63, 3.8) is 0 Å². The lowest BCUT2D eigenvalue weighted by Crippen LogP contribution is -2.42. The van der Waals surface area contributed by atoms with Crippen LogP contribution in [0.4, 0.5) is 10.1 Å². The molecule has 1 atom stereocenters. The third-order valence-corrected chi connectivity index (χ3v) is 4.60. The number of ether oxygens (including phenoxy) is 1. The van der Waals surface area contributed by atoms with Crippen molar-refractivity contribution in [2.24, 2.45) is 5.73 Å². The van der Waals surface area contributed by atoms with Crippen LogP contribution < -0.4 is 15.8 Å². The van der Waals surface area contributed by atoms with Gasteiger partial charge in [0.2, 0.25) is 17.7 Å². The van der Waals surface area contributed by atoms with Gasteiger partial charge in [-0.05, 0) is 24.6 Å². The van der Waals surface area contributed by atoms with Crippen molar-refractivity contribution in [1.82, 2.24) is 10.2 Å².